The molecule has 4 heteroatoms. The van der Waals surface area contributed by atoms with Gasteiger partial charge in [-0.15, -0.1) is 22.7 Å². The van der Waals surface area contributed by atoms with Gasteiger partial charge in [-0.25, -0.2) is 9.97 Å². The molecular weight excluding hydrogens is 296 g/mol. The lowest BCUT2D eigenvalue weighted by molar-refractivity contribution is 0.411. The first-order chi connectivity index (χ1) is 9.62. The van der Waals surface area contributed by atoms with Crippen LogP contribution in [0.3, 0.4) is 0 Å². The van der Waals surface area contributed by atoms with Crippen molar-refractivity contribution in [1.82, 2.24) is 9.97 Å². The van der Waals surface area contributed by atoms with Crippen molar-refractivity contribution in [1.29, 1.82) is 0 Å². The molecule has 2 aromatic heterocycles. The summed E-state index contributed by atoms with van der Waals surface area (Å²) in [4.78, 5) is 9.63. The van der Waals surface area contributed by atoms with E-state index in [4.69, 9.17) is 9.97 Å². The Morgan fingerprint density at radius 1 is 0.857 bits per heavy atom. The molecular formula is C17H22N2S2. The molecule has 0 N–H and O–H groups in total. The maximum atomic E-state index is 4.82. The number of fused-ring (bicyclic) bond motifs is 2. The fourth-order valence-corrected chi connectivity index (χ4v) is 4.57. The van der Waals surface area contributed by atoms with Crippen molar-refractivity contribution in [2.75, 3.05) is 0 Å². The molecule has 1 aromatic carbocycles. The molecule has 0 fully saturated rings. The molecule has 0 aliphatic heterocycles. The number of aromatic nitrogens is 2. The molecule has 0 saturated heterocycles. The summed E-state index contributed by atoms with van der Waals surface area (Å²) < 4.78 is 2.51. The highest BCUT2D eigenvalue weighted by atomic mass is 32.1. The van der Waals surface area contributed by atoms with Gasteiger partial charge in [0.2, 0.25) is 0 Å². The van der Waals surface area contributed by atoms with E-state index in [1.165, 1.54) is 19.4 Å². The molecule has 3 rings (SSSR count). The van der Waals surface area contributed by atoms with Crippen LogP contribution in [-0.2, 0) is 11.8 Å². The second kappa shape index (κ2) is 4.75. The smallest absolute Gasteiger partial charge is 0.0992 e. The Bertz CT molecular complexity index is 747. The molecule has 0 bridgehead atoms. The zero-order valence-electron chi connectivity index (χ0n) is 13.6. The van der Waals surface area contributed by atoms with E-state index in [1.807, 2.05) is 11.3 Å². The van der Waals surface area contributed by atoms with Crippen LogP contribution in [0, 0.1) is 5.41 Å². The first kappa shape index (κ1) is 14.9. The van der Waals surface area contributed by atoms with E-state index in [2.05, 4.69) is 53.7 Å². The van der Waals surface area contributed by atoms with Crippen molar-refractivity contribution < 1.29 is 0 Å². The van der Waals surface area contributed by atoms with E-state index >= 15 is 0 Å². The van der Waals surface area contributed by atoms with Crippen LogP contribution in [0.4, 0.5) is 0 Å². The molecule has 0 aliphatic rings. The third kappa shape index (κ3) is 3.11. The van der Waals surface area contributed by atoms with Crippen LogP contribution in [-0.4, -0.2) is 9.97 Å². The Morgan fingerprint density at radius 3 is 2.00 bits per heavy atom. The summed E-state index contributed by atoms with van der Waals surface area (Å²) >= 11 is 3.60. The lowest BCUT2D eigenvalue weighted by Gasteiger charge is -2.15. The van der Waals surface area contributed by atoms with E-state index in [-0.39, 0.29) is 10.8 Å². The fourth-order valence-electron chi connectivity index (χ4n) is 2.25. The minimum atomic E-state index is 0.113. The minimum Gasteiger partial charge on any atom is -0.241 e. The zero-order chi connectivity index (χ0) is 15.4. The van der Waals surface area contributed by atoms with Crippen molar-refractivity contribution in [3.8, 4) is 0 Å². The Kier molecular flexibility index (Phi) is 3.37. The van der Waals surface area contributed by atoms with Crippen LogP contribution >= 0.6 is 22.7 Å². The van der Waals surface area contributed by atoms with Gasteiger partial charge in [-0.2, -0.15) is 0 Å². The molecule has 0 spiro atoms. The predicted molar refractivity (Wildman–Crippen MR) is 94.7 cm³/mol. The number of rotatable bonds is 1. The van der Waals surface area contributed by atoms with E-state index in [0.717, 1.165) is 17.5 Å². The van der Waals surface area contributed by atoms with Gasteiger partial charge in [0, 0.05) is 11.8 Å². The standard InChI is InChI=1S/C17H22N2S2/c1-16(2,3)9-14-18-10-7-13-11(8-12(10)20-14)19-15(21-13)17(4,5)6/h7-8H,9H2,1-6H3. The molecule has 2 nitrogen and oxygen atoms in total. The van der Waals surface area contributed by atoms with Gasteiger partial charge in [0.05, 0.1) is 30.4 Å². The van der Waals surface area contributed by atoms with Crippen molar-refractivity contribution >= 4 is 43.1 Å². The third-order valence-electron chi connectivity index (χ3n) is 3.27. The van der Waals surface area contributed by atoms with Gasteiger partial charge >= 0.3 is 0 Å². The summed E-state index contributed by atoms with van der Waals surface area (Å²) in [6.07, 6.45) is 1.03. The van der Waals surface area contributed by atoms with Gasteiger partial charge in [0.1, 0.15) is 0 Å². The topological polar surface area (TPSA) is 25.8 Å². The maximum absolute atomic E-state index is 4.82. The minimum absolute atomic E-state index is 0.113. The lowest BCUT2D eigenvalue weighted by atomic mass is 9.93. The van der Waals surface area contributed by atoms with Crippen molar-refractivity contribution in [3.63, 3.8) is 0 Å². The van der Waals surface area contributed by atoms with Crippen LogP contribution in [0.25, 0.3) is 20.4 Å². The Labute approximate surface area is 134 Å². The molecule has 0 radical (unpaired) electrons. The van der Waals surface area contributed by atoms with Crippen molar-refractivity contribution in [2.24, 2.45) is 5.41 Å². The van der Waals surface area contributed by atoms with Gasteiger partial charge in [-0.1, -0.05) is 41.5 Å². The highest BCUT2D eigenvalue weighted by Gasteiger charge is 2.20. The van der Waals surface area contributed by atoms with E-state index in [0.29, 0.717) is 0 Å². The molecule has 0 unspecified atom stereocenters. The number of nitrogens with zero attached hydrogens (tertiary/aromatic N) is 2. The summed E-state index contributed by atoms with van der Waals surface area (Å²) in [5, 5.41) is 2.43. The van der Waals surface area contributed by atoms with Crippen LogP contribution in [0.5, 0.6) is 0 Å². The Balaban J connectivity index is 2.08. The SMILES string of the molecule is CC(C)(C)Cc1nc2cc3sc(C(C)(C)C)nc3cc2s1. The highest BCUT2D eigenvalue weighted by Crippen LogP contribution is 2.35. The predicted octanol–water partition coefficient (Wildman–Crippen LogP) is 5.79. The van der Waals surface area contributed by atoms with Crippen LogP contribution in [0.1, 0.15) is 51.6 Å². The Morgan fingerprint density at radius 2 is 1.43 bits per heavy atom. The number of hydrogen-bond acceptors (Lipinski definition) is 4. The molecule has 3 aromatic rings. The van der Waals surface area contributed by atoms with Crippen LogP contribution < -0.4 is 0 Å². The average Bonchev–Trinajstić information content (AvgIpc) is 2.83. The lowest BCUT2D eigenvalue weighted by Crippen LogP contribution is -2.09. The summed E-state index contributed by atoms with van der Waals surface area (Å²) in [7, 11) is 0. The second-order valence-electron chi connectivity index (χ2n) is 7.90. The summed E-state index contributed by atoms with van der Waals surface area (Å²) in [5.74, 6) is 0. The first-order valence-electron chi connectivity index (χ1n) is 7.32. The van der Waals surface area contributed by atoms with Gasteiger partial charge in [-0.3, -0.25) is 0 Å². The molecule has 0 saturated carbocycles. The van der Waals surface area contributed by atoms with E-state index < -0.39 is 0 Å². The molecule has 112 valence electrons. The molecule has 2 heterocycles. The summed E-state index contributed by atoms with van der Waals surface area (Å²) in [6, 6.07) is 4.42. The molecule has 0 aliphatic carbocycles. The van der Waals surface area contributed by atoms with Gasteiger partial charge in [0.25, 0.3) is 0 Å². The largest absolute Gasteiger partial charge is 0.241 e. The highest BCUT2D eigenvalue weighted by molar-refractivity contribution is 7.20. The third-order valence-corrected chi connectivity index (χ3v) is 5.73. The van der Waals surface area contributed by atoms with Gasteiger partial charge in [0.15, 0.2) is 0 Å². The zero-order valence-corrected chi connectivity index (χ0v) is 15.2. The van der Waals surface area contributed by atoms with Crippen molar-refractivity contribution in [3.05, 3.63) is 22.1 Å². The first-order valence-corrected chi connectivity index (χ1v) is 8.96. The van der Waals surface area contributed by atoms with Crippen molar-refractivity contribution in [2.45, 2.75) is 53.4 Å². The van der Waals surface area contributed by atoms with Gasteiger partial charge < -0.3 is 0 Å². The monoisotopic (exact) mass is 318 g/mol. The fraction of sp³-hybridized carbons (Fsp3) is 0.529. The van der Waals surface area contributed by atoms with Gasteiger partial charge in [-0.05, 0) is 17.5 Å². The van der Waals surface area contributed by atoms with Crippen LogP contribution in [0.2, 0.25) is 0 Å². The number of thiazole rings is 2. The quantitative estimate of drug-likeness (QED) is 0.567. The number of benzene rings is 1. The van der Waals surface area contributed by atoms with Crippen LogP contribution in [0.15, 0.2) is 12.1 Å². The summed E-state index contributed by atoms with van der Waals surface area (Å²) in [5.41, 5.74) is 2.63. The van der Waals surface area contributed by atoms with E-state index in [1.54, 1.807) is 11.3 Å². The average molecular weight is 319 g/mol. The molecule has 21 heavy (non-hydrogen) atoms. The second-order valence-corrected chi connectivity index (χ2v) is 10.0. The van der Waals surface area contributed by atoms with E-state index in [9.17, 15) is 0 Å². The normalized spacial score (nSPS) is 13.4. The summed E-state index contributed by atoms with van der Waals surface area (Å²) in [6.45, 7) is 13.4. The Hall–Kier alpha value is -1.00. The number of hydrogen-bond donors (Lipinski definition) is 0. The maximum Gasteiger partial charge on any atom is 0.0992 e. The molecule has 0 atom stereocenters. The molecule has 0 amide bonds.